The van der Waals surface area contributed by atoms with Gasteiger partial charge in [-0.05, 0) is 56.4 Å². The molecule has 168 valence electrons. The second kappa shape index (κ2) is 7.76. The van der Waals surface area contributed by atoms with Crippen LogP contribution >= 0.6 is 15.9 Å². The predicted octanol–water partition coefficient (Wildman–Crippen LogP) is 5.06. The molecule has 2 aromatic carbocycles. The lowest BCUT2D eigenvalue weighted by atomic mass is 9.56. The van der Waals surface area contributed by atoms with E-state index in [2.05, 4.69) is 21.2 Å². The van der Waals surface area contributed by atoms with Gasteiger partial charge in [0, 0.05) is 27.4 Å². The molecule has 0 aliphatic heterocycles. The number of amides is 1. The zero-order valence-corrected chi connectivity index (χ0v) is 19.7. The molecule has 3 aliphatic carbocycles. The Kier molecular flexibility index (Phi) is 5.12. The molecule has 33 heavy (non-hydrogen) atoms. The molecular formula is C26H23BrN2O4. The number of aliphatic carboxylic acids is 1. The summed E-state index contributed by atoms with van der Waals surface area (Å²) in [6.45, 7) is 1.89. The van der Waals surface area contributed by atoms with Crippen molar-refractivity contribution in [1.82, 2.24) is 10.3 Å². The van der Waals surface area contributed by atoms with Crippen LogP contribution in [0.2, 0.25) is 0 Å². The average Bonchev–Trinajstić information content (AvgIpc) is 2.79. The average molecular weight is 507 g/mol. The first-order valence-corrected chi connectivity index (χ1v) is 11.8. The largest absolute Gasteiger partial charge is 0.480 e. The number of fused-ring (bicyclic) bond motifs is 4. The Hall–Kier alpha value is -3.06. The first-order valence-electron chi connectivity index (χ1n) is 11.0. The maximum atomic E-state index is 13.8. The van der Waals surface area contributed by atoms with Crippen molar-refractivity contribution in [3.63, 3.8) is 0 Å². The SMILES string of the molecule is Cc1c(-c2ccccc2)nc2ccc(Br)cc2c1C(=O)NC12CCC(C(=O)O)(CC1)C(=O)C2. The number of carbonyl (C=O) groups excluding carboxylic acids is 2. The van der Waals surface area contributed by atoms with Crippen LogP contribution in [0.15, 0.2) is 53.0 Å². The molecule has 3 aromatic rings. The minimum Gasteiger partial charge on any atom is -0.480 e. The van der Waals surface area contributed by atoms with Crippen LogP contribution in [0.25, 0.3) is 22.2 Å². The van der Waals surface area contributed by atoms with E-state index in [1.54, 1.807) is 0 Å². The smallest absolute Gasteiger partial charge is 0.317 e. The Bertz CT molecular complexity index is 1310. The number of hydrogen-bond donors (Lipinski definition) is 2. The molecule has 2 bridgehead atoms. The minimum absolute atomic E-state index is 0.0579. The number of pyridine rings is 1. The number of benzene rings is 2. The fourth-order valence-corrected chi connectivity index (χ4v) is 5.75. The van der Waals surface area contributed by atoms with Crippen molar-refractivity contribution >= 4 is 44.5 Å². The van der Waals surface area contributed by atoms with E-state index in [1.807, 2.05) is 55.5 Å². The molecule has 1 heterocycles. The molecule has 1 amide bonds. The van der Waals surface area contributed by atoms with Crippen molar-refractivity contribution in [3.8, 4) is 11.3 Å². The topological polar surface area (TPSA) is 96.4 Å². The van der Waals surface area contributed by atoms with Gasteiger partial charge in [-0.2, -0.15) is 0 Å². The van der Waals surface area contributed by atoms with Crippen LogP contribution in [0.5, 0.6) is 0 Å². The molecule has 1 aromatic heterocycles. The molecule has 2 N–H and O–H groups in total. The van der Waals surface area contributed by atoms with Gasteiger partial charge in [0.15, 0.2) is 5.78 Å². The number of nitrogens with zero attached hydrogens (tertiary/aromatic N) is 1. The number of carboxylic acids is 1. The van der Waals surface area contributed by atoms with Gasteiger partial charge in [0.1, 0.15) is 5.41 Å². The lowest BCUT2D eigenvalue weighted by Gasteiger charge is -2.50. The van der Waals surface area contributed by atoms with Crippen molar-refractivity contribution in [3.05, 3.63) is 64.1 Å². The maximum absolute atomic E-state index is 13.8. The second-order valence-electron chi connectivity index (χ2n) is 9.21. The summed E-state index contributed by atoms with van der Waals surface area (Å²) in [5.41, 5.74) is 1.67. The fraction of sp³-hybridized carbons (Fsp3) is 0.308. The van der Waals surface area contributed by atoms with E-state index in [0.29, 0.717) is 23.9 Å². The highest BCUT2D eigenvalue weighted by Crippen LogP contribution is 2.50. The highest BCUT2D eigenvalue weighted by Gasteiger charge is 2.58. The van der Waals surface area contributed by atoms with Gasteiger partial charge in [0.05, 0.1) is 16.8 Å². The van der Waals surface area contributed by atoms with E-state index in [0.717, 1.165) is 26.7 Å². The van der Waals surface area contributed by atoms with E-state index in [4.69, 9.17) is 4.98 Å². The van der Waals surface area contributed by atoms with Gasteiger partial charge >= 0.3 is 5.97 Å². The Morgan fingerprint density at radius 2 is 1.76 bits per heavy atom. The van der Waals surface area contributed by atoms with Crippen LogP contribution in [0.4, 0.5) is 0 Å². The number of carboxylic acid groups (broad SMARTS) is 1. The Morgan fingerprint density at radius 3 is 2.39 bits per heavy atom. The molecule has 6 nitrogen and oxygen atoms in total. The molecule has 3 saturated carbocycles. The molecule has 7 heteroatoms. The van der Waals surface area contributed by atoms with Gasteiger partial charge in [0.2, 0.25) is 0 Å². The molecular weight excluding hydrogens is 484 g/mol. The van der Waals surface area contributed by atoms with Crippen LogP contribution in [0.1, 0.15) is 48.0 Å². The molecule has 0 atom stereocenters. The minimum atomic E-state index is -1.28. The third-order valence-electron chi connectivity index (χ3n) is 7.35. The monoisotopic (exact) mass is 506 g/mol. The van der Waals surface area contributed by atoms with E-state index in [-0.39, 0.29) is 31.0 Å². The van der Waals surface area contributed by atoms with E-state index >= 15 is 0 Å². The molecule has 0 spiro atoms. The van der Waals surface area contributed by atoms with Gasteiger partial charge in [-0.3, -0.25) is 14.4 Å². The van der Waals surface area contributed by atoms with Crippen LogP contribution in [-0.2, 0) is 9.59 Å². The van der Waals surface area contributed by atoms with E-state index in [1.165, 1.54) is 0 Å². The Morgan fingerprint density at radius 1 is 1.06 bits per heavy atom. The number of Topliss-reactive ketones (excluding diaryl/α,β-unsaturated/α-hetero) is 1. The van der Waals surface area contributed by atoms with Gasteiger partial charge in [-0.1, -0.05) is 46.3 Å². The summed E-state index contributed by atoms with van der Waals surface area (Å²) in [7, 11) is 0. The lowest BCUT2D eigenvalue weighted by Crippen LogP contribution is -2.62. The number of halogens is 1. The zero-order chi connectivity index (χ0) is 23.4. The zero-order valence-electron chi connectivity index (χ0n) is 18.2. The second-order valence-corrected chi connectivity index (χ2v) is 10.1. The van der Waals surface area contributed by atoms with E-state index in [9.17, 15) is 19.5 Å². The summed E-state index contributed by atoms with van der Waals surface area (Å²) < 4.78 is 0.840. The van der Waals surface area contributed by atoms with Crippen molar-refractivity contribution in [1.29, 1.82) is 0 Å². The molecule has 0 unspecified atom stereocenters. The normalized spacial score (nSPS) is 24.1. The number of rotatable bonds is 4. The van der Waals surface area contributed by atoms with Crippen molar-refractivity contribution in [2.45, 2.75) is 44.6 Å². The van der Waals surface area contributed by atoms with Crippen molar-refractivity contribution in [2.24, 2.45) is 5.41 Å². The molecule has 6 rings (SSSR count). The third-order valence-corrected chi connectivity index (χ3v) is 7.84. The lowest BCUT2D eigenvalue weighted by molar-refractivity contribution is -0.163. The number of nitrogens with one attached hydrogen (secondary N) is 1. The molecule has 3 fully saturated rings. The van der Waals surface area contributed by atoms with Crippen LogP contribution in [-0.4, -0.2) is 33.3 Å². The van der Waals surface area contributed by atoms with Crippen molar-refractivity contribution < 1.29 is 19.5 Å². The first kappa shape index (κ1) is 21.8. The van der Waals surface area contributed by atoms with Crippen molar-refractivity contribution in [2.75, 3.05) is 0 Å². The summed E-state index contributed by atoms with van der Waals surface area (Å²) in [5, 5.41) is 13.5. The predicted molar refractivity (Wildman–Crippen MR) is 128 cm³/mol. The van der Waals surface area contributed by atoms with Gasteiger partial charge < -0.3 is 10.4 Å². The Labute approximate surface area is 199 Å². The van der Waals surface area contributed by atoms with Gasteiger partial charge in [-0.15, -0.1) is 0 Å². The van der Waals surface area contributed by atoms with Crippen LogP contribution < -0.4 is 5.32 Å². The molecule has 0 radical (unpaired) electrons. The molecule has 3 aliphatic rings. The third kappa shape index (κ3) is 3.46. The summed E-state index contributed by atoms with van der Waals surface area (Å²) in [6, 6.07) is 15.4. The molecule has 0 saturated heterocycles. The quantitative estimate of drug-likeness (QED) is 0.482. The van der Waals surface area contributed by atoms with E-state index < -0.39 is 16.9 Å². The fourth-order valence-electron chi connectivity index (χ4n) is 5.39. The number of ketones is 1. The standard InChI is InChI=1S/C26H23BrN2O4/c1-15-21(23(31)29-25-9-11-26(12-10-25,24(32)33)20(30)14-25)18-13-17(27)7-8-19(18)28-22(15)16-5-3-2-4-6-16/h2-8,13H,9-12,14H2,1H3,(H,29,31)(H,32,33). The maximum Gasteiger partial charge on any atom is 0.317 e. The highest BCUT2D eigenvalue weighted by molar-refractivity contribution is 9.10. The Balaban J connectivity index is 1.58. The number of hydrogen-bond acceptors (Lipinski definition) is 4. The first-order chi connectivity index (χ1) is 15.7. The van der Waals surface area contributed by atoms with Crippen LogP contribution in [0.3, 0.4) is 0 Å². The van der Waals surface area contributed by atoms with Gasteiger partial charge in [-0.25, -0.2) is 4.98 Å². The number of aromatic nitrogens is 1. The summed E-state index contributed by atoms with van der Waals surface area (Å²) in [6.07, 6.45) is 1.54. The summed E-state index contributed by atoms with van der Waals surface area (Å²) in [4.78, 5) is 43.1. The van der Waals surface area contributed by atoms with Crippen LogP contribution in [0, 0.1) is 12.3 Å². The summed E-state index contributed by atoms with van der Waals surface area (Å²) >= 11 is 3.50. The summed E-state index contributed by atoms with van der Waals surface area (Å²) in [5.74, 6) is -1.58. The highest BCUT2D eigenvalue weighted by atomic mass is 79.9. The van der Waals surface area contributed by atoms with Gasteiger partial charge in [0.25, 0.3) is 5.91 Å². The number of carbonyl (C=O) groups is 3.